The van der Waals surface area contributed by atoms with Crippen molar-refractivity contribution in [2.24, 2.45) is 5.18 Å². The highest BCUT2D eigenvalue weighted by atomic mass is 16.6. The second kappa shape index (κ2) is 8.81. The predicted octanol–water partition coefficient (Wildman–Crippen LogP) is 4.30. The maximum absolute atomic E-state index is 13.7. The Morgan fingerprint density at radius 1 is 1.12 bits per heavy atom. The van der Waals surface area contributed by atoms with E-state index < -0.39 is 35.3 Å². The van der Waals surface area contributed by atoms with Gasteiger partial charge in [0.05, 0.1) is 34.2 Å². The van der Waals surface area contributed by atoms with Gasteiger partial charge in [-0.3, -0.25) is 9.59 Å². The van der Waals surface area contributed by atoms with Crippen molar-refractivity contribution in [2.45, 2.75) is 37.8 Å². The number of ether oxygens (including phenoxy) is 2. The van der Waals surface area contributed by atoms with Crippen molar-refractivity contribution in [3.05, 3.63) is 77.2 Å². The molecule has 11 nitrogen and oxygen atoms in total. The molecule has 2 N–H and O–H groups in total. The molecule has 1 saturated heterocycles. The van der Waals surface area contributed by atoms with Gasteiger partial charge in [-0.15, -0.1) is 4.91 Å². The average molecular weight is 567 g/mol. The minimum Gasteiger partial charge on any atom is -0.462 e. The quantitative estimate of drug-likeness (QED) is 0.135. The molecule has 2 aromatic heterocycles. The molecule has 1 fully saturated rings. The summed E-state index contributed by atoms with van der Waals surface area (Å²) in [5.41, 5.74) is -0.351. The molecule has 0 radical (unpaired) electrons. The zero-order chi connectivity index (χ0) is 29.6. The van der Waals surface area contributed by atoms with Crippen molar-refractivity contribution in [1.82, 2.24) is 14.5 Å². The Labute approximate surface area is 238 Å². The molecule has 1 unspecified atom stereocenters. The molecule has 2 aliphatic rings. The number of benzene rings is 3. The van der Waals surface area contributed by atoms with E-state index in [1.807, 2.05) is 57.7 Å². The van der Waals surface area contributed by atoms with Crippen LogP contribution < -0.4 is 5.32 Å². The minimum absolute atomic E-state index is 0.0385. The summed E-state index contributed by atoms with van der Waals surface area (Å²) in [5.74, 6) is -2.18. The number of carbonyl (C=O) groups excluding carboxylic acids is 3. The SMILES string of the molecule is C=CC(=O)NCCOC(=O)[C@@]1(O)CC2O[C@]1(C)n1c3ccccc3c3c(C)c(C(=O)N=O)c4c5ccccc5n2c4c31. The Bertz CT molecular complexity index is 2060. The van der Waals surface area contributed by atoms with Crippen LogP contribution in [0.3, 0.4) is 0 Å². The number of esters is 1. The number of nitroso groups, excluding NO2 is 1. The van der Waals surface area contributed by atoms with Gasteiger partial charge in [0, 0.05) is 33.1 Å². The topological polar surface area (TPSA) is 141 Å². The number of aromatic nitrogens is 2. The summed E-state index contributed by atoms with van der Waals surface area (Å²) in [4.78, 5) is 50.1. The van der Waals surface area contributed by atoms with Crippen LogP contribution >= 0.6 is 0 Å². The number of fused-ring (bicyclic) bond motifs is 10. The lowest BCUT2D eigenvalue weighted by Gasteiger charge is -2.37. The van der Waals surface area contributed by atoms with Gasteiger partial charge in [0.15, 0.2) is 5.72 Å². The molecule has 7 rings (SSSR count). The molecule has 4 heterocycles. The van der Waals surface area contributed by atoms with Gasteiger partial charge in [-0.1, -0.05) is 43.0 Å². The minimum atomic E-state index is -2.14. The summed E-state index contributed by atoms with van der Waals surface area (Å²) in [6, 6.07) is 14.9. The largest absolute Gasteiger partial charge is 0.462 e. The van der Waals surface area contributed by atoms with Gasteiger partial charge >= 0.3 is 11.9 Å². The van der Waals surface area contributed by atoms with Crippen LogP contribution in [0.15, 0.2) is 66.4 Å². The average Bonchev–Trinajstić information content (AvgIpc) is 3.58. The molecule has 11 heteroatoms. The number of para-hydroxylation sites is 2. The van der Waals surface area contributed by atoms with Gasteiger partial charge in [0.2, 0.25) is 11.5 Å². The lowest BCUT2D eigenvalue weighted by Crippen LogP contribution is -2.56. The highest BCUT2D eigenvalue weighted by molar-refractivity contribution is 6.30. The molecular formula is C31H26N4O7. The van der Waals surface area contributed by atoms with Crippen molar-refractivity contribution < 1.29 is 29.0 Å². The third-order valence-electron chi connectivity index (χ3n) is 8.78. The van der Waals surface area contributed by atoms with E-state index in [9.17, 15) is 24.4 Å². The molecule has 2 aliphatic heterocycles. The number of amides is 2. The number of nitrogens with one attached hydrogen (secondary N) is 1. The molecule has 42 heavy (non-hydrogen) atoms. The first-order valence-corrected chi connectivity index (χ1v) is 13.5. The van der Waals surface area contributed by atoms with E-state index in [0.717, 1.165) is 11.5 Å². The van der Waals surface area contributed by atoms with Crippen molar-refractivity contribution in [3.63, 3.8) is 0 Å². The maximum Gasteiger partial charge on any atom is 0.343 e. The summed E-state index contributed by atoms with van der Waals surface area (Å²) >= 11 is 0. The first-order chi connectivity index (χ1) is 20.2. The van der Waals surface area contributed by atoms with E-state index in [2.05, 4.69) is 17.1 Å². The fourth-order valence-electron chi connectivity index (χ4n) is 6.97. The molecule has 2 bridgehead atoms. The second-order valence-corrected chi connectivity index (χ2v) is 10.8. The van der Waals surface area contributed by atoms with E-state index in [-0.39, 0.29) is 25.1 Å². The van der Waals surface area contributed by atoms with Crippen LogP contribution in [0.4, 0.5) is 0 Å². The fourth-order valence-corrected chi connectivity index (χ4v) is 6.97. The summed E-state index contributed by atoms with van der Waals surface area (Å²) < 4.78 is 15.9. The normalized spacial score (nSPS) is 22.6. The number of aliphatic hydroxyl groups is 1. The maximum atomic E-state index is 13.7. The van der Waals surface area contributed by atoms with E-state index in [4.69, 9.17) is 9.47 Å². The van der Waals surface area contributed by atoms with E-state index >= 15 is 0 Å². The number of rotatable bonds is 6. The zero-order valence-electron chi connectivity index (χ0n) is 22.8. The highest BCUT2D eigenvalue weighted by Crippen LogP contribution is 2.57. The monoisotopic (exact) mass is 566 g/mol. The van der Waals surface area contributed by atoms with Crippen LogP contribution in [0.1, 0.15) is 35.5 Å². The van der Waals surface area contributed by atoms with Crippen LogP contribution in [-0.4, -0.2) is 50.8 Å². The second-order valence-electron chi connectivity index (χ2n) is 10.8. The van der Waals surface area contributed by atoms with Crippen LogP contribution in [0.2, 0.25) is 0 Å². The van der Waals surface area contributed by atoms with Gasteiger partial charge in [-0.2, -0.15) is 0 Å². The van der Waals surface area contributed by atoms with Crippen LogP contribution in [0.25, 0.3) is 43.6 Å². The third-order valence-corrected chi connectivity index (χ3v) is 8.78. The first kappa shape index (κ1) is 26.1. The smallest absolute Gasteiger partial charge is 0.343 e. The van der Waals surface area contributed by atoms with Crippen LogP contribution in [0, 0.1) is 11.8 Å². The van der Waals surface area contributed by atoms with Crippen molar-refractivity contribution in [2.75, 3.05) is 13.2 Å². The molecule has 2 amide bonds. The van der Waals surface area contributed by atoms with Crippen LogP contribution in [0.5, 0.6) is 0 Å². The summed E-state index contributed by atoms with van der Waals surface area (Å²) in [6.45, 7) is 6.70. The fraction of sp³-hybridized carbons (Fsp3) is 0.258. The van der Waals surface area contributed by atoms with Gasteiger partial charge in [-0.25, -0.2) is 4.79 Å². The molecule has 0 saturated carbocycles. The molecule has 0 aliphatic carbocycles. The first-order valence-electron chi connectivity index (χ1n) is 13.5. The van der Waals surface area contributed by atoms with Gasteiger partial charge in [0.25, 0.3) is 0 Å². The summed E-state index contributed by atoms with van der Waals surface area (Å²) in [5, 5.41) is 20.4. The molecule has 212 valence electrons. The number of hydrogen-bond donors (Lipinski definition) is 2. The molecule has 3 aromatic carbocycles. The lowest BCUT2D eigenvalue weighted by molar-refractivity contribution is -0.204. The van der Waals surface area contributed by atoms with Crippen molar-refractivity contribution in [1.29, 1.82) is 0 Å². The van der Waals surface area contributed by atoms with Crippen molar-refractivity contribution in [3.8, 4) is 0 Å². The summed E-state index contributed by atoms with van der Waals surface area (Å²) in [6.07, 6.45) is 0.111. The number of nitrogens with zero attached hydrogens (tertiary/aromatic N) is 3. The molecule has 0 spiro atoms. The van der Waals surface area contributed by atoms with E-state index in [0.29, 0.717) is 43.8 Å². The van der Waals surface area contributed by atoms with Gasteiger partial charge in [0.1, 0.15) is 12.8 Å². The third kappa shape index (κ3) is 3.09. The van der Waals surface area contributed by atoms with Gasteiger partial charge < -0.3 is 29.0 Å². The lowest BCUT2D eigenvalue weighted by atomic mass is 9.88. The van der Waals surface area contributed by atoms with Gasteiger partial charge in [-0.05, 0) is 37.6 Å². The van der Waals surface area contributed by atoms with E-state index in [1.165, 1.54) is 0 Å². The molecular weight excluding hydrogens is 540 g/mol. The molecule has 5 aromatic rings. The number of carbonyl (C=O) groups is 3. The Hall–Kier alpha value is -4.87. The number of hydrogen-bond acceptors (Lipinski definition) is 7. The highest BCUT2D eigenvalue weighted by Gasteiger charge is 2.66. The van der Waals surface area contributed by atoms with Crippen molar-refractivity contribution >= 4 is 61.4 Å². The summed E-state index contributed by atoms with van der Waals surface area (Å²) in [7, 11) is 0. The Morgan fingerprint density at radius 2 is 1.79 bits per heavy atom. The van der Waals surface area contributed by atoms with E-state index in [1.54, 1.807) is 13.8 Å². The van der Waals surface area contributed by atoms with Crippen LogP contribution in [-0.2, 0) is 24.8 Å². The molecule has 3 atom stereocenters. The standard InChI is InChI=1S/C31H26N4O7/c1-4-21(36)32-13-14-41-29(38)31(39)15-22-34-19-11-7-5-9-17(19)25-24(28(37)33-40)16(2)23-18-10-6-8-12-20(18)35(27(23)26(25)34)30(31,3)42-22/h4-12,22,39H,1,13-15H2,2-3H3,(H,32,36)/t22?,30-,31-/m0/s1. The Morgan fingerprint density at radius 3 is 2.48 bits per heavy atom. The Kier molecular flexibility index (Phi) is 5.47. The predicted molar refractivity (Wildman–Crippen MR) is 155 cm³/mol. The zero-order valence-corrected chi connectivity index (χ0v) is 22.8. The Balaban J connectivity index is 1.56. The number of aryl methyl sites for hydroxylation is 1.